The molecule has 4 rings (SSSR count). The number of nitrogens with zero attached hydrogens (tertiary/aromatic N) is 3. The summed E-state index contributed by atoms with van der Waals surface area (Å²) in [6, 6.07) is 10.6. The number of hydrogen-bond acceptors (Lipinski definition) is 5. The number of aryl methyl sites for hydroxylation is 2. The van der Waals surface area contributed by atoms with E-state index in [1.165, 1.54) is 18.2 Å². The van der Waals surface area contributed by atoms with Crippen LogP contribution in [0, 0.1) is 19.7 Å². The zero-order chi connectivity index (χ0) is 21.4. The van der Waals surface area contributed by atoms with Crippen LogP contribution in [0.15, 0.2) is 54.9 Å². The molecule has 2 heterocycles. The van der Waals surface area contributed by atoms with Gasteiger partial charge < -0.3 is 16.2 Å². The largest absolute Gasteiger partial charge is 0.382 e. The highest BCUT2D eigenvalue weighted by Crippen LogP contribution is 2.31. The number of aliphatic hydroxyl groups is 1. The number of halogens is 1. The number of aliphatic hydroxyl groups excluding tert-OH is 1. The van der Waals surface area contributed by atoms with Crippen LogP contribution in [0.25, 0.3) is 16.8 Å². The van der Waals surface area contributed by atoms with Gasteiger partial charge in [0.1, 0.15) is 28.7 Å². The maximum atomic E-state index is 13.4. The standard InChI is InChI=1S/C22H20FN5O2/c1-12-10-16(27-22(30)20(29)14-4-3-5-15(23)11-14)6-7-17(12)18-19-21(24)25-8-9-28(19)13(2)26-18/h3-11,20,29H,1-2H3,(H2,24,25)(H,27,30)/t20-/m1/s1. The monoisotopic (exact) mass is 405 g/mol. The first-order valence-electron chi connectivity index (χ1n) is 9.29. The van der Waals surface area contributed by atoms with Crippen LogP contribution < -0.4 is 11.1 Å². The average molecular weight is 405 g/mol. The van der Waals surface area contributed by atoms with Crippen molar-refractivity contribution in [3.05, 3.63) is 77.6 Å². The molecule has 1 amide bonds. The smallest absolute Gasteiger partial charge is 0.257 e. The van der Waals surface area contributed by atoms with E-state index in [0.29, 0.717) is 17.2 Å². The minimum atomic E-state index is -1.48. The molecular formula is C22H20FN5O2. The predicted molar refractivity (Wildman–Crippen MR) is 112 cm³/mol. The maximum absolute atomic E-state index is 13.4. The minimum Gasteiger partial charge on any atom is -0.382 e. The molecule has 7 nitrogen and oxygen atoms in total. The third kappa shape index (κ3) is 3.48. The Balaban J connectivity index is 1.62. The summed E-state index contributed by atoms with van der Waals surface area (Å²) in [5.41, 5.74) is 9.89. The first kappa shape index (κ1) is 19.5. The molecule has 1 atom stereocenters. The van der Waals surface area contributed by atoms with Gasteiger partial charge in [0.2, 0.25) is 0 Å². The lowest BCUT2D eigenvalue weighted by molar-refractivity contribution is -0.124. The van der Waals surface area contributed by atoms with Crippen LogP contribution in [0.2, 0.25) is 0 Å². The van der Waals surface area contributed by atoms with Crippen molar-refractivity contribution in [2.75, 3.05) is 11.1 Å². The van der Waals surface area contributed by atoms with Gasteiger partial charge in [-0.3, -0.25) is 9.20 Å². The molecule has 152 valence electrons. The van der Waals surface area contributed by atoms with Crippen molar-refractivity contribution in [2.45, 2.75) is 20.0 Å². The maximum Gasteiger partial charge on any atom is 0.257 e. The number of anilines is 2. The van der Waals surface area contributed by atoms with E-state index in [4.69, 9.17) is 5.73 Å². The topological polar surface area (TPSA) is 106 Å². The number of imidazole rings is 1. The van der Waals surface area contributed by atoms with Gasteiger partial charge in [0, 0.05) is 23.6 Å². The van der Waals surface area contributed by atoms with Crippen molar-refractivity contribution in [3.8, 4) is 11.3 Å². The van der Waals surface area contributed by atoms with Crippen LogP contribution in [0.1, 0.15) is 23.1 Å². The van der Waals surface area contributed by atoms with Gasteiger partial charge in [0.05, 0.1) is 0 Å². The third-order valence-corrected chi connectivity index (χ3v) is 4.92. The summed E-state index contributed by atoms with van der Waals surface area (Å²) in [6.45, 7) is 3.77. The average Bonchev–Trinajstić information content (AvgIpc) is 3.05. The number of aromatic nitrogens is 3. The van der Waals surface area contributed by atoms with E-state index in [9.17, 15) is 14.3 Å². The summed E-state index contributed by atoms with van der Waals surface area (Å²) < 4.78 is 15.2. The van der Waals surface area contributed by atoms with Gasteiger partial charge in [0.25, 0.3) is 5.91 Å². The molecule has 2 aromatic heterocycles. The second kappa shape index (κ2) is 7.57. The molecule has 4 aromatic rings. The zero-order valence-corrected chi connectivity index (χ0v) is 16.4. The van der Waals surface area contributed by atoms with Gasteiger partial charge in [-0.25, -0.2) is 14.4 Å². The Morgan fingerprint density at radius 1 is 1.23 bits per heavy atom. The molecule has 30 heavy (non-hydrogen) atoms. The Kier molecular flexibility index (Phi) is 4.93. The molecule has 2 aromatic carbocycles. The fourth-order valence-electron chi connectivity index (χ4n) is 3.45. The number of nitrogens with one attached hydrogen (secondary N) is 1. The summed E-state index contributed by atoms with van der Waals surface area (Å²) in [4.78, 5) is 21.2. The first-order chi connectivity index (χ1) is 14.3. The van der Waals surface area contributed by atoms with Gasteiger partial charge in [-0.2, -0.15) is 0 Å². The molecule has 4 N–H and O–H groups in total. The van der Waals surface area contributed by atoms with Gasteiger partial charge in [-0.15, -0.1) is 0 Å². The number of amides is 1. The SMILES string of the molecule is Cc1cc(NC(=O)[C@H](O)c2cccc(F)c2)ccc1-c1nc(C)n2ccnc(N)c12. The van der Waals surface area contributed by atoms with Crippen LogP contribution in [0.3, 0.4) is 0 Å². The van der Waals surface area contributed by atoms with E-state index in [1.54, 1.807) is 24.5 Å². The van der Waals surface area contributed by atoms with E-state index in [1.807, 2.05) is 24.3 Å². The Morgan fingerprint density at radius 2 is 2.03 bits per heavy atom. The van der Waals surface area contributed by atoms with Gasteiger partial charge in [-0.05, 0) is 49.2 Å². The van der Waals surface area contributed by atoms with Crippen molar-refractivity contribution in [1.29, 1.82) is 0 Å². The lowest BCUT2D eigenvalue weighted by atomic mass is 10.0. The molecule has 0 aliphatic rings. The number of rotatable bonds is 4. The zero-order valence-electron chi connectivity index (χ0n) is 16.4. The van der Waals surface area contributed by atoms with E-state index in [2.05, 4.69) is 15.3 Å². The molecular weight excluding hydrogens is 385 g/mol. The van der Waals surface area contributed by atoms with Crippen molar-refractivity contribution >= 4 is 22.9 Å². The van der Waals surface area contributed by atoms with Crippen LogP contribution in [0.4, 0.5) is 15.9 Å². The molecule has 0 saturated carbocycles. The normalized spacial score (nSPS) is 12.1. The van der Waals surface area contributed by atoms with Crippen molar-refractivity contribution in [2.24, 2.45) is 0 Å². The van der Waals surface area contributed by atoms with Gasteiger partial charge >= 0.3 is 0 Å². The highest BCUT2D eigenvalue weighted by atomic mass is 19.1. The summed E-state index contributed by atoms with van der Waals surface area (Å²) in [6.07, 6.45) is 1.94. The number of nitrogen functional groups attached to an aromatic ring is 1. The Morgan fingerprint density at radius 3 is 2.77 bits per heavy atom. The Labute approximate surface area is 172 Å². The van der Waals surface area contributed by atoms with E-state index >= 15 is 0 Å². The minimum absolute atomic E-state index is 0.184. The highest BCUT2D eigenvalue weighted by Gasteiger charge is 2.19. The number of carbonyl (C=O) groups is 1. The molecule has 0 aliphatic heterocycles. The van der Waals surface area contributed by atoms with Crippen molar-refractivity contribution < 1.29 is 14.3 Å². The molecule has 0 unspecified atom stereocenters. The number of fused-ring (bicyclic) bond motifs is 1. The molecule has 8 heteroatoms. The number of benzene rings is 2. The fraction of sp³-hybridized carbons (Fsp3) is 0.136. The van der Waals surface area contributed by atoms with E-state index in [0.717, 1.165) is 28.5 Å². The van der Waals surface area contributed by atoms with Crippen LogP contribution in [-0.4, -0.2) is 25.4 Å². The Hall–Kier alpha value is -3.78. The van der Waals surface area contributed by atoms with Crippen molar-refractivity contribution in [1.82, 2.24) is 14.4 Å². The molecule has 0 aliphatic carbocycles. The summed E-state index contributed by atoms with van der Waals surface area (Å²) in [7, 11) is 0. The molecule has 0 spiro atoms. The second-order valence-corrected chi connectivity index (χ2v) is 7.02. The number of carbonyl (C=O) groups excluding carboxylic acids is 1. The number of hydrogen-bond donors (Lipinski definition) is 3. The van der Waals surface area contributed by atoms with E-state index < -0.39 is 17.8 Å². The van der Waals surface area contributed by atoms with Crippen LogP contribution >= 0.6 is 0 Å². The summed E-state index contributed by atoms with van der Waals surface area (Å²) in [5.74, 6) is -0.00688. The molecule has 0 fully saturated rings. The molecule has 0 bridgehead atoms. The van der Waals surface area contributed by atoms with Gasteiger partial charge in [-0.1, -0.05) is 18.2 Å². The molecule has 0 radical (unpaired) electrons. The van der Waals surface area contributed by atoms with Crippen molar-refractivity contribution in [3.63, 3.8) is 0 Å². The lowest BCUT2D eigenvalue weighted by Crippen LogP contribution is -2.21. The third-order valence-electron chi connectivity index (χ3n) is 4.92. The fourth-order valence-corrected chi connectivity index (χ4v) is 3.45. The summed E-state index contributed by atoms with van der Waals surface area (Å²) in [5, 5.41) is 12.9. The first-order valence-corrected chi connectivity index (χ1v) is 9.29. The van der Waals surface area contributed by atoms with Crippen LogP contribution in [0.5, 0.6) is 0 Å². The quantitative estimate of drug-likeness (QED) is 0.483. The molecule has 0 saturated heterocycles. The van der Waals surface area contributed by atoms with E-state index in [-0.39, 0.29) is 5.56 Å². The highest BCUT2D eigenvalue weighted by molar-refractivity contribution is 5.95. The van der Waals surface area contributed by atoms with Crippen LogP contribution in [-0.2, 0) is 4.79 Å². The second-order valence-electron chi connectivity index (χ2n) is 7.02. The van der Waals surface area contributed by atoms with Gasteiger partial charge in [0.15, 0.2) is 6.10 Å². The summed E-state index contributed by atoms with van der Waals surface area (Å²) >= 11 is 0. The lowest BCUT2D eigenvalue weighted by Gasteiger charge is -2.13. The Bertz CT molecular complexity index is 1270. The predicted octanol–water partition coefficient (Wildman–Crippen LogP) is 3.41. The number of nitrogens with two attached hydrogens (primary N) is 1.